The van der Waals surface area contributed by atoms with Crippen LogP contribution in [0.2, 0.25) is 0 Å². The Morgan fingerprint density at radius 3 is 2.33 bits per heavy atom. The summed E-state index contributed by atoms with van der Waals surface area (Å²) in [4.78, 5) is 20.7. The first-order valence-corrected chi connectivity index (χ1v) is 11.5. The molecule has 162 valence electrons. The van der Waals surface area contributed by atoms with Crippen LogP contribution in [0.15, 0.2) is 30.3 Å². The molecule has 2 aromatic rings. The number of anilines is 2. The number of hydrogen-bond acceptors (Lipinski definition) is 6. The van der Waals surface area contributed by atoms with Crippen LogP contribution in [0.1, 0.15) is 52.7 Å². The number of carbonyl (C=O) groups excluding carboxylic acids is 1. The van der Waals surface area contributed by atoms with Crippen molar-refractivity contribution in [2.45, 2.75) is 56.5 Å². The number of sulfone groups is 1. The van der Waals surface area contributed by atoms with Gasteiger partial charge in [-0.05, 0) is 64.3 Å². The van der Waals surface area contributed by atoms with Crippen molar-refractivity contribution >= 4 is 27.4 Å². The highest BCUT2D eigenvalue weighted by Gasteiger charge is 2.60. The number of nitrogens with two attached hydrogens (primary N) is 1. The van der Waals surface area contributed by atoms with Crippen LogP contribution in [-0.4, -0.2) is 35.7 Å². The number of nitrogens with zero attached hydrogens (tertiary/aromatic N) is 2. The van der Waals surface area contributed by atoms with E-state index in [4.69, 9.17) is 5.73 Å². The monoisotopic (exact) mass is 431 g/mol. The van der Waals surface area contributed by atoms with Crippen molar-refractivity contribution in [3.05, 3.63) is 36.0 Å². The molecule has 9 heteroatoms. The van der Waals surface area contributed by atoms with Gasteiger partial charge in [-0.15, -0.1) is 0 Å². The third-order valence-corrected chi connectivity index (χ3v) is 8.43. The third kappa shape index (κ3) is 4.12. The van der Waals surface area contributed by atoms with Crippen LogP contribution in [0.25, 0.3) is 11.4 Å². The van der Waals surface area contributed by atoms with E-state index in [0.717, 1.165) is 6.42 Å². The average molecular weight is 432 g/mol. The molecule has 2 amide bonds. The molecule has 0 unspecified atom stereocenters. The highest BCUT2D eigenvalue weighted by Crippen LogP contribution is 2.55. The summed E-state index contributed by atoms with van der Waals surface area (Å²) >= 11 is 0. The fourth-order valence-electron chi connectivity index (χ4n) is 3.31. The van der Waals surface area contributed by atoms with E-state index in [1.807, 2.05) is 6.92 Å². The van der Waals surface area contributed by atoms with Gasteiger partial charge in [-0.2, -0.15) is 0 Å². The van der Waals surface area contributed by atoms with Gasteiger partial charge < -0.3 is 16.4 Å². The number of nitrogens with one attached hydrogen (secondary N) is 2. The quantitative estimate of drug-likeness (QED) is 0.643. The van der Waals surface area contributed by atoms with Crippen LogP contribution in [0, 0.1) is 0 Å². The molecule has 0 atom stereocenters. The van der Waals surface area contributed by atoms with Gasteiger partial charge in [-0.1, -0.05) is 6.92 Å². The molecule has 0 aliphatic heterocycles. The molecule has 0 saturated heterocycles. The summed E-state index contributed by atoms with van der Waals surface area (Å²) in [5.41, 5.74) is 7.77. The van der Waals surface area contributed by atoms with Crippen molar-refractivity contribution < 1.29 is 13.2 Å². The lowest BCUT2D eigenvalue weighted by Crippen LogP contribution is -2.38. The first-order chi connectivity index (χ1) is 14.0. The van der Waals surface area contributed by atoms with E-state index in [-0.39, 0.29) is 11.8 Å². The first-order valence-electron chi connectivity index (χ1n) is 10.0. The number of carbonyl (C=O) groups is 1. The van der Waals surface area contributed by atoms with Crippen LogP contribution in [-0.2, 0) is 14.6 Å². The van der Waals surface area contributed by atoms with Gasteiger partial charge in [0.1, 0.15) is 10.6 Å². The Labute approximate surface area is 177 Å². The minimum absolute atomic E-state index is 0.228. The Kier molecular flexibility index (Phi) is 5.77. The molecule has 1 aliphatic rings. The maximum Gasteiger partial charge on any atom is 0.319 e. The SMILES string of the molecule is CCCNC(=O)Nc1ccc(-c2nc(N)cc(C3(S(=O)(=O)C(C)(C)C)CC3)n2)cc1. The Morgan fingerprint density at radius 1 is 1.17 bits per heavy atom. The molecular formula is C21H29N5O3S. The number of aromatic nitrogens is 2. The van der Waals surface area contributed by atoms with Gasteiger partial charge in [0.15, 0.2) is 15.7 Å². The largest absolute Gasteiger partial charge is 0.384 e. The topological polar surface area (TPSA) is 127 Å². The van der Waals surface area contributed by atoms with E-state index in [9.17, 15) is 13.2 Å². The highest BCUT2D eigenvalue weighted by atomic mass is 32.2. The van der Waals surface area contributed by atoms with Gasteiger partial charge in [0.05, 0.1) is 10.4 Å². The molecule has 1 heterocycles. The summed E-state index contributed by atoms with van der Waals surface area (Å²) in [6.45, 7) is 7.69. The predicted octanol–water partition coefficient (Wildman–Crippen LogP) is 3.46. The Morgan fingerprint density at radius 2 is 1.80 bits per heavy atom. The zero-order valence-electron chi connectivity index (χ0n) is 17.8. The molecule has 8 nitrogen and oxygen atoms in total. The van der Waals surface area contributed by atoms with E-state index in [0.29, 0.717) is 42.2 Å². The van der Waals surface area contributed by atoms with Crippen LogP contribution in [0.3, 0.4) is 0 Å². The van der Waals surface area contributed by atoms with E-state index in [1.54, 1.807) is 51.1 Å². The number of amides is 2. The molecule has 1 aromatic carbocycles. The van der Waals surface area contributed by atoms with Crippen molar-refractivity contribution in [2.75, 3.05) is 17.6 Å². The van der Waals surface area contributed by atoms with Gasteiger partial charge in [0.2, 0.25) is 0 Å². The molecule has 1 aliphatic carbocycles. The summed E-state index contributed by atoms with van der Waals surface area (Å²) in [5.74, 6) is 0.592. The summed E-state index contributed by atoms with van der Waals surface area (Å²) in [6, 6.07) is 8.32. The number of nitrogen functional groups attached to an aromatic ring is 1. The van der Waals surface area contributed by atoms with Crippen molar-refractivity contribution in [2.24, 2.45) is 0 Å². The lowest BCUT2D eigenvalue weighted by atomic mass is 10.1. The second kappa shape index (κ2) is 7.86. The molecule has 1 saturated carbocycles. The van der Waals surface area contributed by atoms with Crippen molar-refractivity contribution in [1.29, 1.82) is 0 Å². The number of benzene rings is 1. The summed E-state index contributed by atoms with van der Waals surface area (Å²) in [7, 11) is -3.46. The number of rotatable bonds is 6. The highest BCUT2D eigenvalue weighted by molar-refractivity contribution is 7.94. The van der Waals surface area contributed by atoms with Crippen LogP contribution >= 0.6 is 0 Å². The van der Waals surface area contributed by atoms with E-state index < -0.39 is 19.3 Å². The molecular weight excluding hydrogens is 402 g/mol. The lowest BCUT2D eigenvalue weighted by molar-refractivity contribution is 0.252. The zero-order valence-corrected chi connectivity index (χ0v) is 18.6. The van der Waals surface area contributed by atoms with Gasteiger partial charge in [-0.3, -0.25) is 0 Å². The molecule has 0 radical (unpaired) electrons. The van der Waals surface area contributed by atoms with E-state index in [2.05, 4.69) is 20.6 Å². The third-order valence-electron chi connectivity index (χ3n) is 5.17. The van der Waals surface area contributed by atoms with Crippen molar-refractivity contribution in [1.82, 2.24) is 15.3 Å². The first kappa shape index (κ1) is 22.0. The smallest absolute Gasteiger partial charge is 0.319 e. The van der Waals surface area contributed by atoms with Crippen molar-refractivity contribution in [3.63, 3.8) is 0 Å². The van der Waals surface area contributed by atoms with Gasteiger partial charge in [-0.25, -0.2) is 23.2 Å². The maximum atomic E-state index is 13.2. The van der Waals surface area contributed by atoms with Crippen LogP contribution < -0.4 is 16.4 Å². The summed E-state index contributed by atoms with van der Waals surface area (Å²) in [6.07, 6.45) is 1.91. The summed E-state index contributed by atoms with van der Waals surface area (Å²) < 4.78 is 24.4. The van der Waals surface area contributed by atoms with E-state index in [1.165, 1.54) is 0 Å². The lowest BCUT2D eigenvalue weighted by Gasteiger charge is -2.26. The standard InChI is InChI=1S/C21H29N5O3S/c1-5-12-23-19(27)24-15-8-6-14(7-9-15)18-25-16(13-17(22)26-18)21(10-11-21)30(28,29)20(2,3)4/h6-9,13H,5,10-12H2,1-4H3,(H2,22,25,26)(H2,23,24,27). The number of hydrogen-bond donors (Lipinski definition) is 3. The molecule has 0 bridgehead atoms. The molecule has 1 fully saturated rings. The van der Waals surface area contributed by atoms with Gasteiger partial charge >= 0.3 is 6.03 Å². The Hall–Kier alpha value is -2.68. The minimum Gasteiger partial charge on any atom is -0.384 e. The average Bonchev–Trinajstić information content (AvgIpc) is 3.48. The molecule has 0 spiro atoms. The number of urea groups is 1. The van der Waals surface area contributed by atoms with Gasteiger partial charge in [0, 0.05) is 23.9 Å². The molecule has 4 N–H and O–H groups in total. The predicted molar refractivity (Wildman–Crippen MR) is 119 cm³/mol. The maximum absolute atomic E-state index is 13.2. The fraction of sp³-hybridized carbons (Fsp3) is 0.476. The zero-order chi connectivity index (χ0) is 22.2. The van der Waals surface area contributed by atoms with Crippen LogP contribution in [0.5, 0.6) is 0 Å². The molecule has 3 rings (SSSR count). The minimum atomic E-state index is -3.46. The molecule has 30 heavy (non-hydrogen) atoms. The molecule has 1 aromatic heterocycles. The normalized spacial score (nSPS) is 15.5. The fourth-order valence-corrected chi connectivity index (χ4v) is 5.50. The Bertz CT molecular complexity index is 1040. The van der Waals surface area contributed by atoms with Crippen LogP contribution in [0.4, 0.5) is 16.3 Å². The second-order valence-electron chi connectivity index (χ2n) is 8.57. The van der Waals surface area contributed by atoms with Gasteiger partial charge in [0.25, 0.3) is 0 Å². The second-order valence-corrected chi connectivity index (χ2v) is 11.6. The van der Waals surface area contributed by atoms with E-state index >= 15 is 0 Å². The van der Waals surface area contributed by atoms with Crippen molar-refractivity contribution in [3.8, 4) is 11.4 Å². The summed E-state index contributed by atoms with van der Waals surface area (Å²) in [5, 5.41) is 5.50. The Balaban J connectivity index is 1.89.